The van der Waals surface area contributed by atoms with Crippen LogP contribution in [0.2, 0.25) is 0 Å². The van der Waals surface area contributed by atoms with E-state index < -0.39 is 19.3 Å². The Balaban J connectivity index is 1.47. The number of carbonyl (C=O) groups is 2. The highest BCUT2D eigenvalue weighted by Gasteiger charge is 2.41. The number of esters is 2. The predicted molar refractivity (Wildman–Crippen MR) is 175 cm³/mol. The van der Waals surface area contributed by atoms with Crippen molar-refractivity contribution in [3.63, 3.8) is 0 Å². The van der Waals surface area contributed by atoms with Gasteiger partial charge in [-0.15, -0.1) is 0 Å². The maximum Gasteiger partial charge on any atom is 0.343 e. The second kappa shape index (κ2) is 11.0. The first-order valence-electron chi connectivity index (χ1n) is 14.0. The standard InChI is InChI=1S/C36H25N2O6P/c37-24-11-7-9-22(19-24)35(39)42-31-21-33(45(41)32-18-6-4-15-28(32)26-13-3-5-17-30(26)44-45)34(29-16-2-1-14-27(29)31)43-36(40)23-10-8-12-25(38)20-23/h1-21H,37-38H2. The zero-order valence-corrected chi connectivity index (χ0v) is 24.6. The molecule has 220 valence electrons. The Morgan fingerprint density at radius 3 is 1.84 bits per heavy atom. The van der Waals surface area contributed by atoms with Gasteiger partial charge in [0.15, 0.2) is 5.75 Å². The number of para-hydroxylation sites is 1. The molecule has 0 spiro atoms. The highest BCUT2D eigenvalue weighted by atomic mass is 31.2. The second-order valence-electron chi connectivity index (χ2n) is 10.5. The first kappa shape index (κ1) is 28.0. The van der Waals surface area contributed by atoms with E-state index in [1.807, 2.05) is 24.3 Å². The summed E-state index contributed by atoms with van der Waals surface area (Å²) in [5, 5.41) is 1.30. The molecule has 1 unspecified atom stereocenters. The molecule has 1 heterocycles. The molecule has 45 heavy (non-hydrogen) atoms. The molecule has 0 fully saturated rings. The number of benzene rings is 6. The normalized spacial score (nSPS) is 14.9. The molecular weight excluding hydrogens is 587 g/mol. The van der Waals surface area contributed by atoms with Crippen molar-refractivity contribution in [3.05, 3.63) is 139 Å². The van der Waals surface area contributed by atoms with Crippen LogP contribution < -0.4 is 36.1 Å². The number of ether oxygens (including phenoxy) is 2. The maximum absolute atomic E-state index is 15.4. The molecule has 0 aromatic heterocycles. The van der Waals surface area contributed by atoms with E-state index in [9.17, 15) is 9.59 Å². The third-order valence-corrected chi connectivity index (χ3v) is 9.97. The lowest BCUT2D eigenvalue weighted by Gasteiger charge is -2.30. The maximum atomic E-state index is 15.4. The SMILES string of the molecule is Nc1cccc(C(=O)Oc2cc(P3(=O)Oc4ccccc4-c4ccccc43)c(OC(=O)c3cccc(N)c3)c3ccccc23)c1. The summed E-state index contributed by atoms with van der Waals surface area (Å²) in [5.74, 6) is -0.864. The molecule has 1 aliphatic rings. The van der Waals surface area contributed by atoms with Crippen LogP contribution in [-0.4, -0.2) is 11.9 Å². The van der Waals surface area contributed by atoms with Gasteiger partial charge in [0.05, 0.1) is 21.7 Å². The lowest BCUT2D eigenvalue weighted by molar-refractivity contribution is 0.0724. The van der Waals surface area contributed by atoms with Gasteiger partial charge in [0.1, 0.15) is 11.5 Å². The molecule has 0 aliphatic carbocycles. The van der Waals surface area contributed by atoms with Crippen molar-refractivity contribution in [2.45, 2.75) is 0 Å². The van der Waals surface area contributed by atoms with E-state index >= 15 is 4.57 Å². The van der Waals surface area contributed by atoms with Gasteiger partial charge in [-0.1, -0.05) is 72.8 Å². The Morgan fingerprint density at radius 2 is 1.16 bits per heavy atom. The van der Waals surface area contributed by atoms with Gasteiger partial charge in [0, 0.05) is 27.7 Å². The van der Waals surface area contributed by atoms with Gasteiger partial charge in [-0.2, -0.15) is 0 Å². The lowest BCUT2D eigenvalue weighted by atomic mass is 10.0. The predicted octanol–water partition coefficient (Wildman–Crippen LogP) is 6.73. The summed E-state index contributed by atoms with van der Waals surface area (Å²) in [7, 11) is -4.05. The van der Waals surface area contributed by atoms with Gasteiger partial charge in [-0.05, 0) is 60.2 Å². The van der Waals surface area contributed by atoms with Crippen molar-refractivity contribution in [3.8, 4) is 28.4 Å². The molecule has 0 saturated heterocycles. The minimum absolute atomic E-state index is 0.0132. The average Bonchev–Trinajstić information content (AvgIpc) is 3.05. The molecular formula is C36H25N2O6P. The molecule has 8 nitrogen and oxygen atoms in total. The molecule has 9 heteroatoms. The van der Waals surface area contributed by atoms with Crippen LogP contribution in [0.1, 0.15) is 20.7 Å². The minimum Gasteiger partial charge on any atom is -0.436 e. The number of rotatable bonds is 5. The summed E-state index contributed by atoms with van der Waals surface area (Å²) in [6.07, 6.45) is 0. The molecule has 6 aromatic carbocycles. The number of hydrogen-bond acceptors (Lipinski definition) is 8. The van der Waals surface area contributed by atoms with Crippen LogP contribution in [0.15, 0.2) is 127 Å². The first-order valence-corrected chi connectivity index (χ1v) is 15.6. The smallest absolute Gasteiger partial charge is 0.343 e. The van der Waals surface area contributed by atoms with Crippen LogP contribution in [0.3, 0.4) is 0 Å². The van der Waals surface area contributed by atoms with Crippen LogP contribution in [0, 0.1) is 0 Å². The zero-order valence-electron chi connectivity index (χ0n) is 23.7. The van der Waals surface area contributed by atoms with Crippen molar-refractivity contribution >= 4 is 52.1 Å². The molecule has 7 rings (SSSR count). The van der Waals surface area contributed by atoms with Crippen molar-refractivity contribution in [1.29, 1.82) is 0 Å². The summed E-state index contributed by atoms with van der Waals surface area (Å²) < 4.78 is 33.8. The Hall–Kier alpha value is -5.85. The highest BCUT2D eigenvalue weighted by Crippen LogP contribution is 2.56. The Labute approximate surface area is 258 Å². The van der Waals surface area contributed by atoms with Gasteiger partial charge in [0.2, 0.25) is 0 Å². The van der Waals surface area contributed by atoms with Crippen LogP contribution in [0.25, 0.3) is 21.9 Å². The van der Waals surface area contributed by atoms with Crippen molar-refractivity contribution in [2.24, 2.45) is 0 Å². The van der Waals surface area contributed by atoms with Gasteiger partial charge in [-0.25, -0.2) is 9.59 Å². The molecule has 6 aromatic rings. The van der Waals surface area contributed by atoms with E-state index in [-0.39, 0.29) is 27.9 Å². The summed E-state index contributed by atoms with van der Waals surface area (Å²) in [5.41, 5.74) is 14.5. The fourth-order valence-corrected chi connectivity index (χ4v) is 7.85. The van der Waals surface area contributed by atoms with Crippen molar-refractivity contribution in [2.75, 3.05) is 11.5 Å². The van der Waals surface area contributed by atoms with Gasteiger partial charge < -0.3 is 25.5 Å². The zero-order chi connectivity index (χ0) is 31.1. The fraction of sp³-hybridized carbons (Fsp3) is 0. The topological polar surface area (TPSA) is 131 Å². The number of anilines is 2. The summed E-state index contributed by atoms with van der Waals surface area (Å²) in [4.78, 5) is 26.9. The van der Waals surface area contributed by atoms with Crippen LogP contribution in [0.5, 0.6) is 17.2 Å². The fourth-order valence-electron chi connectivity index (χ4n) is 5.45. The van der Waals surface area contributed by atoms with Crippen molar-refractivity contribution in [1.82, 2.24) is 0 Å². The second-order valence-corrected chi connectivity index (χ2v) is 12.7. The molecule has 0 saturated carbocycles. The van der Waals surface area contributed by atoms with Gasteiger partial charge in [-0.3, -0.25) is 4.57 Å². The molecule has 0 radical (unpaired) electrons. The summed E-state index contributed by atoms with van der Waals surface area (Å²) in [6.45, 7) is 0. The van der Waals surface area contributed by atoms with Gasteiger partial charge >= 0.3 is 19.3 Å². The van der Waals surface area contributed by atoms with E-state index in [0.717, 1.165) is 5.56 Å². The van der Waals surface area contributed by atoms with Crippen LogP contribution in [0.4, 0.5) is 11.4 Å². The van der Waals surface area contributed by atoms with E-state index in [2.05, 4.69) is 0 Å². The van der Waals surface area contributed by atoms with E-state index in [1.165, 1.54) is 18.2 Å². The summed E-state index contributed by atoms with van der Waals surface area (Å²) >= 11 is 0. The monoisotopic (exact) mass is 612 g/mol. The third kappa shape index (κ3) is 4.97. The first-order chi connectivity index (χ1) is 21.8. The number of fused-ring (bicyclic) bond motifs is 4. The van der Waals surface area contributed by atoms with Crippen LogP contribution in [-0.2, 0) is 4.57 Å². The number of carbonyl (C=O) groups excluding carboxylic acids is 2. The number of nitrogen functional groups attached to an aromatic ring is 2. The molecule has 0 amide bonds. The lowest BCUT2D eigenvalue weighted by Crippen LogP contribution is -2.28. The molecule has 1 atom stereocenters. The van der Waals surface area contributed by atoms with E-state index in [4.69, 9.17) is 25.5 Å². The van der Waals surface area contributed by atoms with E-state index in [1.54, 1.807) is 84.9 Å². The van der Waals surface area contributed by atoms with E-state index in [0.29, 0.717) is 38.8 Å². The Kier molecular flexibility index (Phi) is 6.84. The Bertz CT molecular complexity index is 2210. The highest BCUT2D eigenvalue weighted by molar-refractivity contribution is 7.75. The number of hydrogen-bond donors (Lipinski definition) is 2. The Morgan fingerprint density at radius 1 is 0.578 bits per heavy atom. The van der Waals surface area contributed by atoms with Crippen LogP contribution >= 0.6 is 7.37 Å². The van der Waals surface area contributed by atoms with Crippen molar-refractivity contribution < 1.29 is 28.2 Å². The number of nitrogens with two attached hydrogens (primary N) is 2. The molecule has 1 aliphatic heterocycles. The molecule has 0 bridgehead atoms. The third-order valence-electron chi connectivity index (χ3n) is 7.52. The molecule has 4 N–H and O–H groups in total. The van der Waals surface area contributed by atoms with Gasteiger partial charge in [0.25, 0.3) is 0 Å². The quantitative estimate of drug-likeness (QED) is 0.0949. The largest absolute Gasteiger partial charge is 0.436 e. The minimum atomic E-state index is -4.05. The average molecular weight is 613 g/mol. The summed E-state index contributed by atoms with van der Waals surface area (Å²) in [6, 6.07) is 35.7.